The van der Waals surface area contributed by atoms with Crippen LogP contribution in [0.5, 0.6) is 5.75 Å². The molecule has 0 radical (unpaired) electrons. The highest BCUT2D eigenvalue weighted by Crippen LogP contribution is 2.38. The quantitative estimate of drug-likeness (QED) is 0.858. The van der Waals surface area contributed by atoms with E-state index in [0.717, 1.165) is 18.4 Å². The van der Waals surface area contributed by atoms with Gasteiger partial charge in [-0.1, -0.05) is 42.5 Å². The van der Waals surface area contributed by atoms with E-state index in [0.29, 0.717) is 11.7 Å². The standard InChI is InChI=1S/C18H18O/c1-13-11-15(8-10-18(13)19)17-9-7-16(17)12-14-5-3-2-4-6-14/h2-6,8-11,16,19H,7,12H2,1H3. The summed E-state index contributed by atoms with van der Waals surface area (Å²) < 4.78 is 0. The van der Waals surface area contributed by atoms with Crippen molar-refractivity contribution in [3.8, 4) is 5.75 Å². The summed E-state index contributed by atoms with van der Waals surface area (Å²) in [7, 11) is 0. The molecule has 0 aliphatic heterocycles. The number of hydrogen-bond acceptors (Lipinski definition) is 1. The molecule has 1 heteroatoms. The lowest BCUT2D eigenvalue weighted by atomic mass is 9.77. The number of hydrogen-bond donors (Lipinski definition) is 1. The minimum absolute atomic E-state index is 0.378. The van der Waals surface area contributed by atoms with Crippen LogP contribution in [0.1, 0.15) is 23.1 Å². The monoisotopic (exact) mass is 250 g/mol. The second-order valence-corrected chi connectivity index (χ2v) is 5.28. The van der Waals surface area contributed by atoms with E-state index in [-0.39, 0.29) is 0 Å². The van der Waals surface area contributed by atoms with Gasteiger partial charge in [0.15, 0.2) is 0 Å². The molecule has 1 aliphatic rings. The van der Waals surface area contributed by atoms with Gasteiger partial charge in [-0.3, -0.25) is 0 Å². The fraction of sp³-hybridized carbons (Fsp3) is 0.222. The van der Waals surface area contributed by atoms with Gasteiger partial charge in [-0.2, -0.15) is 0 Å². The third kappa shape index (κ3) is 2.41. The van der Waals surface area contributed by atoms with E-state index >= 15 is 0 Å². The lowest BCUT2D eigenvalue weighted by Gasteiger charge is -2.28. The number of aromatic hydroxyl groups is 1. The Morgan fingerprint density at radius 2 is 1.89 bits per heavy atom. The van der Waals surface area contributed by atoms with Gasteiger partial charge in [0.1, 0.15) is 5.75 Å². The Balaban J connectivity index is 1.78. The normalized spacial score (nSPS) is 17.7. The summed E-state index contributed by atoms with van der Waals surface area (Å²) in [5.41, 5.74) is 5.02. The number of phenolic OH excluding ortho intramolecular Hbond substituents is 1. The fourth-order valence-electron chi connectivity index (χ4n) is 2.68. The topological polar surface area (TPSA) is 20.2 Å². The minimum atomic E-state index is 0.378. The van der Waals surface area contributed by atoms with Gasteiger partial charge in [-0.25, -0.2) is 0 Å². The maximum atomic E-state index is 9.60. The Labute approximate surface area is 114 Å². The van der Waals surface area contributed by atoms with Crippen LogP contribution in [0.15, 0.2) is 54.6 Å². The molecule has 0 saturated heterocycles. The summed E-state index contributed by atoms with van der Waals surface area (Å²) in [6, 6.07) is 16.5. The third-order valence-electron chi connectivity index (χ3n) is 3.92. The van der Waals surface area contributed by atoms with Crippen LogP contribution in [0.3, 0.4) is 0 Å². The summed E-state index contributed by atoms with van der Waals surface area (Å²) in [4.78, 5) is 0. The van der Waals surface area contributed by atoms with Gasteiger partial charge in [0.05, 0.1) is 0 Å². The molecular formula is C18H18O. The Bertz CT molecular complexity index is 611. The Kier molecular flexibility index (Phi) is 3.12. The fourth-order valence-corrected chi connectivity index (χ4v) is 2.68. The van der Waals surface area contributed by atoms with Crippen molar-refractivity contribution in [2.24, 2.45) is 5.92 Å². The van der Waals surface area contributed by atoms with Crippen molar-refractivity contribution in [2.45, 2.75) is 19.8 Å². The largest absolute Gasteiger partial charge is 0.508 e. The van der Waals surface area contributed by atoms with Gasteiger partial charge in [-0.05, 0) is 60.1 Å². The van der Waals surface area contributed by atoms with E-state index in [1.54, 1.807) is 6.07 Å². The molecule has 0 fully saturated rings. The smallest absolute Gasteiger partial charge is 0.118 e. The van der Waals surface area contributed by atoms with Crippen LogP contribution in [0.2, 0.25) is 0 Å². The molecule has 2 aromatic carbocycles. The molecular weight excluding hydrogens is 232 g/mol. The summed E-state index contributed by atoms with van der Waals surface area (Å²) in [5, 5.41) is 9.60. The number of benzene rings is 2. The molecule has 2 aromatic rings. The van der Waals surface area contributed by atoms with Gasteiger partial charge in [0, 0.05) is 0 Å². The van der Waals surface area contributed by atoms with Crippen molar-refractivity contribution < 1.29 is 5.11 Å². The highest BCUT2D eigenvalue weighted by Gasteiger charge is 2.23. The predicted molar refractivity (Wildman–Crippen MR) is 79.1 cm³/mol. The molecule has 0 amide bonds. The maximum absolute atomic E-state index is 9.60. The molecule has 0 saturated carbocycles. The van der Waals surface area contributed by atoms with Crippen LogP contribution in [0, 0.1) is 12.8 Å². The van der Waals surface area contributed by atoms with Gasteiger partial charge in [0.2, 0.25) is 0 Å². The number of aryl methyl sites for hydroxylation is 1. The third-order valence-corrected chi connectivity index (χ3v) is 3.92. The first-order valence-electron chi connectivity index (χ1n) is 6.78. The van der Waals surface area contributed by atoms with E-state index in [9.17, 15) is 5.11 Å². The molecule has 3 rings (SSSR count). The van der Waals surface area contributed by atoms with Crippen LogP contribution in [-0.4, -0.2) is 5.11 Å². The molecule has 0 bridgehead atoms. The summed E-state index contributed by atoms with van der Waals surface area (Å²) in [6.07, 6.45) is 4.57. The van der Waals surface area contributed by atoms with Crippen LogP contribution in [0.4, 0.5) is 0 Å². The number of rotatable bonds is 3. The molecule has 19 heavy (non-hydrogen) atoms. The molecule has 1 atom stereocenters. The molecule has 0 spiro atoms. The second-order valence-electron chi connectivity index (χ2n) is 5.28. The van der Waals surface area contributed by atoms with Crippen molar-refractivity contribution in [1.82, 2.24) is 0 Å². The lowest BCUT2D eigenvalue weighted by molar-refractivity contribution is 0.471. The molecule has 1 unspecified atom stereocenters. The van der Waals surface area contributed by atoms with Gasteiger partial charge < -0.3 is 5.11 Å². The molecule has 0 heterocycles. The van der Waals surface area contributed by atoms with Crippen LogP contribution < -0.4 is 0 Å². The van der Waals surface area contributed by atoms with Crippen LogP contribution in [-0.2, 0) is 6.42 Å². The molecule has 1 N–H and O–H groups in total. The Morgan fingerprint density at radius 1 is 1.11 bits per heavy atom. The molecule has 1 nitrogen and oxygen atoms in total. The Morgan fingerprint density at radius 3 is 2.53 bits per heavy atom. The van der Waals surface area contributed by atoms with Crippen LogP contribution in [0.25, 0.3) is 5.57 Å². The van der Waals surface area contributed by atoms with Crippen molar-refractivity contribution in [1.29, 1.82) is 0 Å². The first-order chi connectivity index (χ1) is 9.24. The van der Waals surface area contributed by atoms with Crippen molar-refractivity contribution in [3.05, 3.63) is 71.3 Å². The van der Waals surface area contributed by atoms with E-state index < -0.39 is 0 Å². The zero-order valence-electron chi connectivity index (χ0n) is 11.1. The van der Waals surface area contributed by atoms with E-state index in [2.05, 4.69) is 42.5 Å². The van der Waals surface area contributed by atoms with E-state index in [1.807, 2.05) is 13.0 Å². The van der Waals surface area contributed by atoms with Gasteiger partial charge in [-0.15, -0.1) is 0 Å². The molecule has 1 aliphatic carbocycles. The highest BCUT2D eigenvalue weighted by atomic mass is 16.3. The second kappa shape index (κ2) is 4.93. The first kappa shape index (κ1) is 12.0. The van der Waals surface area contributed by atoms with Crippen molar-refractivity contribution >= 4 is 5.57 Å². The Hall–Kier alpha value is -2.02. The van der Waals surface area contributed by atoms with E-state index in [1.165, 1.54) is 16.7 Å². The predicted octanol–water partition coefficient (Wildman–Crippen LogP) is 4.35. The number of phenols is 1. The number of allylic oxidation sites excluding steroid dienone is 2. The summed E-state index contributed by atoms with van der Waals surface area (Å²) in [5.74, 6) is 0.995. The zero-order valence-corrected chi connectivity index (χ0v) is 11.1. The first-order valence-corrected chi connectivity index (χ1v) is 6.78. The SMILES string of the molecule is Cc1cc(C2=CCC2Cc2ccccc2)ccc1O. The average molecular weight is 250 g/mol. The zero-order chi connectivity index (χ0) is 13.2. The lowest BCUT2D eigenvalue weighted by Crippen LogP contribution is -2.14. The summed E-state index contributed by atoms with van der Waals surface area (Å²) in [6.45, 7) is 1.95. The highest BCUT2D eigenvalue weighted by molar-refractivity contribution is 5.73. The summed E-state index contributed by atoms with van der Waals surface area (Å²) >= 11 is 0. The van der Waals surface area contributed by atoms with Crippen molar-refractivity contribution in [3.63, 3.8) is 0 Å². The molecule has 96 valence electrons. The maximum Gasteiger partial charge on any atom is 0.118 e. The van der Waals surface area contributed by atoms with Crippen LogP contribution >= 0.6 is 0 Å². The van der Waals surface area contributed by atoms with Crippen molar-refractivity contribution in [2.75, 3.05) is 0 Å². The van der Waals surface area contributed by atoms with E-state index in [4.69, 9.17) is 0 Å². The average Bonchev–Trinajstić information content (AvgIpc) is 2.40. The van der Waals surface area contributed by atoms with Gasteiger partial charge in [0.25, 0.3) is 0 Å². The minimum Gasteiger partial charge on any atom is -0.508 e. The molecule has 0 aromatic heterocycles. The van der Waals surface area contributed by atoms with Gasteiger partial charge >= 0.3 is 0 Å².